The van der Waals surface area contributed by atoms with Crippen molar-refractivity contribution in [3.05, 3.63) is 90.5 Å². The van der Waals surface area contributed by atoms with Crippen LogP contribution in [-0.2, 0) is 20.1 Å². The number of rotatable bonds is 6. The van der Waals surface area contributed by atoms with Crippen molar-refractivity contribution >= 4 is 40.3 Å². The van der Waals surface area contributed by atoms with Gasteiger partial charge >= 0.3 is 5.69 Å². The Morgan fingerprint density at radius 3 is 2.14 bits per heavy atom. The predicted molar refractivity (Wildman–Crippen MR) is 144 cm³/mol. The molecule has 5 rings (SSSR count). The van der Waals surface area contributed by atoms with Crippen LogP contribution in [0, 0.1) is 0 Å². The van der Waals surface area contributed by atoms with Gasteiger partial charge in [-0.1, -0.05) is 72.4 Å². The molecule has 0 bridgehead atoms. The Kier molecular flexibility index (Phi) is 6.92. The number of halogens is 2. The fourth-order valence-corrected chi connectivity index (χ4v) is 5.26. The zero-order chi connectivity index (χ0) is 25.4. The summed E-state index contributed by atoms with van der Waals surface area (Å²) in [6, 6.07) is 14.7. The lowest BCUT2D eigenvalue weighted by atomic mass is 9.91. The van der Waals surface area contributed by atoms with E-state index in [9.17, 15) is 9.59 Å². The fraction of sp³-hybridized carbons (Fsp3) is 0.346. The van der Waals surface area contributed by atoms with E-state index in [1.54, 1.807) is 19.2 Å². The second kappa shape index (κ2) is 10.1. The van der Waals surface area contributed by atoms with Crippen LogP contribution in [0.5, 0.6) is 0 Å². The minimum atomic E-state index is -0.462. The number of hydrogen-bond donors (Lipinski definition) is 2. The maximum atomic E-state index is 13.8. The van der Waals surface area contributed by atoms with E-state index in [0.29, 0.717) is 39.3 Å². The van der Waals surface area contributed by atoms with Gasteiger partial charge in [-0.15, -0.1) is 0 Å². The molecule has 0 unspecified atom stereocenters. The molecule has 1 fully saturated rings. The highest BCUT2D eigenvalue weighted by Crippen LogP contribution is 2.26. The molecule has 0 spiro atoms. The summed E-state index contributed by atoms with van der Waals surface area (Å²) in [5.74, 6) is 0.495. The lowest BCUT2D eigenvalue weighted by molar-refractivity contribution is 0.401. The molecule has 0 amide bonds. The molecule has 3 N–H and O–H groups in total. The molecular weight excluding hydrogens is 499 g/mol. The van der Waals surface area contributed by atoms with Gasteiger partial charge < -0.3 is 11.1 Å². The largest absolute Gasteiger partial charge is 0.351 e. The molecule has 188 valence electrons. The number of hydrogen-bond acceptors (Lipinski definition) is 5. The number of imidazole rings is 1. The molecule has 8 nitrogen and oxygen atoms in total. The normalized spacial score (nSPS) is 18.0. The van der Waals surface area contributed by atoms with Gasteiger partial charge in [-0.05, 0) is 36.1 Å². The van der Waals surface area contributed by atoms with E-state index in [2.05, 4.69) is 5.32 Å². The molecule has 0 saturated heterocycles. The van der Waals surface area contributed by atoms with Gasteiger partial charge in [0, 0.05) is 29.2 Å². The van der Waals surface area contributed by atoms with Crippen LogP contribution < -0.4 is 22.3 Å². The molecule has 2 heterocycles. The first-order valence-corrected chi connectivity index (χ1v) is 12.8. The third kappa shape index (κ3) is 4.56. The minimum Gasteiger partial charge on any atom is -0.351 e. The lowest BCUT2D eigenvalue weighted by Gasteiger charge is -2.29. The van der Waals surface area contributed by atoms with E-state index >= 15 is 0 Å². The Labute approximate surface area is 218 Å². The molecule has 36 heavy (non-hydrogen) atoms. The van der Waals surface area contributed by atoms with Crippen molar-refractivity contribution in [2.75, 3.05) is 5.32 Å². The van der Waals surface area contributed by atoms with Crippen LogP contribution in [0.15, 0.2) is 58.1 Å². The van der Waals surface area contributed by atoms with Gasteiger partial charge in [0.25, 0.3) is 5.56 Å². The molecule has 4 aromatic rings. The SMILES string of the molecule is Cn1c(=O)n(Cc2ccccc2Cl)c(=O)c2c1nc(N[C@H]1CCCC[C@H]1N)n2Cc1ccccc1Cl. The van der Waals surface area contributed by atoms with Gasteiger partial charge in [0.05, 0.1) is 13.1 Å². The maximum absolute atomic E-state index is 13.8. The zero-order valence-electron chi connectivity index (χ0n) is 20.0. The van der Waals surface area contributed by atoms with Crippen molar-refractivity contribution in [2.24, 2.45) is 12.8 Å². The van der Waals surface area contributed by atoms with Crippen LogP contribution in [0.1, 0.15) is 36.8 Å². The quantitative estimate of drug-likeness (QED) is 0.395. The molecule has 2 atom stereocenters. The predicted octanol–water partition coefficient (Wildman–Crippen LogP) is 3.98. The molecule has 2 aromatic carbocycles. The third-order valence-corrected chi connectivity index (χ3v) is 7.68. The number of benzene rings is 2. The minimum absolute atomic E-state index is 0.0166. The number of nitrogens with one attached hydrogen (secondary N) is 1. The Morgan fingerprint density at radius 2 is 1.53 bits per heavy atom. The molecule has 2 aromatic heterocycles. The van der Waals surface area contributed by atoms with Crippen molar-refractivity contribution in [3.63, 3.8) is 0 Å². The average Bonchev–Trinajstić information content (AvgIpc) is 3.22. The zero-order valence-corrected chi connectivity index (χ0v) is 21.5. The topological polar surface area (TPSA) is 99.9 Å². The van der Waals surface area contributed by atoms with E-state index in [1.165, 1.54) is 9.13 Å². The number of fused-ring (bicyclic) bond motifs is 1. The van der Waals surface area contributed by atoms with Crippen LogP contribution in [-0.4, -0.2) is 30.8 Å². The van der Waals surface area contributed by atoms with Crippen LogP contribution in [0.2, 0.25) is 10.0 Å². The summed E-state index contributed by atoms with van der Waals surface area (Å²) in [4.78, 5) is 31.8. The molecule has 1 aliphatic rings. The highest BCUT2D eigenvalue weighted by molar-refractivity contribution is 6.31. The van der Waals surface area contributed by atoms with E-state index in [1.807, 2.05) is 41.0 Å². The molecular formula is C26H28Cl2N6O2. The number of aryl methyl sites for hydroxylation is 1. The number of aromatic nitrogens is 4. The molecule has 0 aliphatic heterocycles. The summed E-state index contributed by atoms with van der Waals surface area (Å²) in [7, 11) is 1.62. The fourth-order valence-electron chi connectivity index (χ4n) is 4.87. The Balaban J connectivity index is 1.70. The third-order valence-electron chi connectivity index (χ3n) is 6.94. The van der Waals surface area contributed by atoms with Gasteiger partial charge in [-0.25, -0.2) is 4.79 Å². The van der Waals surface area contributed by atoms with Crippen LogP contribution in [0.25, 0.3) is 11.2 Å². The first-order valence-electron chi connectivity index (χ1n) is 12.0. The lowest BCUT2D eigenvalue weighted by Crippen LogP contribution is -2.43. The van der Waals surface area contributed by atoms with Gasteiger partial charge in [0.15, 0.2) is 11.2 Å². The number of anilines is 1. The Morgan fingerprint density at radius 1 is 0.944 bits per heavy atom. The highest BCUT2D eigenvalue weighted by Gasteiger charge is 2.26. The smallest absolute Gasteiger partial charge is 0.332 e. The summed E-state index contributed by atoms with van der Waals surface area (Å²) in [5.41, 5.74) is 7.64. The molecule has 1 aliphatic carbocycles. The van der Waals surface area contributed by atoms with Crippen LogP contribution >= 0.6 is 23.2 Å². The summed E-state index contributed by atoms with van der Waals surface area (Å²) in [6.07, 6.45) is 3.99. The Bertz CT molecular complexity index is 1540. The summed E-state index contributed by atoms with van der Waals surface area (Å²) < 4.78 is 4.41. The monoisotopic (exact) mass is 526 g/mol. The van der Waals surface area contributed by atoms with Crippen LogP contribution in [0.4, 0.5) is 5.95 Å². The van der Waals surface area contributed by atoms with E-state index < -0.39 is 11.2 Å². The van der Waals surface area contributed by atoms with Crippen molar-refractivity contribution in [2.45, 2.75) is 50.9 Å². The maximum Gasteiger partial charge on any atom is 0.332 e. The summed E-state index contributed by atoms with van der Waals surface area (Å²) >= 11 is 12.8. The molecule has 0 radical (unpaired) electrons. The van der Waals surface area contributed by atoms with Crippen molar-refractivity contribution in [1.29, 1.82) is 0 Å². The van der Waals surface area contributed by atoms with Crippen molar-refractivity contribution in [1.82, 2.24) is 18.7 Å². The van der Waals surface area contributed by atoms with E-state index in [4.69, 9.17) is 33.9 Å². The highest BCUT2D eigenvalue weighted by atomic mass is 35.5. The standard InChI is InChI=1S/C26H28Cl2N6O2/c1-32-23-22(24(35)34(26(32)36)15-17-9-3-5-11-19(17)28)33(14-16-8-2-4-10-18(16)27)25(31-23)30-21-13-7-6-12-20(21)29/h2-5,8-11,20-21H,6-7,12-15,29H2,1H3,(H,30,31)/t20-,21+/m1/s1. The van der Waals surface area contributed by atoms with Gasteiger partial charge in [-0.2, -0.15) is 4.98 Å². The number of nitrogens with zero attached hydrogens (tertiary/aromatic N) is 4. The first kappa shape index (κ1) is 24.6. The average molecular weight is 527 g/mol. The molecule has 1 saturated carbocycles. The second-order valence-corrected chi connectivity index (χ2v) is 10.1. The first-order chi connectivity index (χ1) is 17.3. The van der Waals surface area contributed by atoms with Crippen molar-refractivity contribution in [3.8, 4) is 0 Å². The van der Waals surface area contributed by atoms with Gasteiger partial charge in [0.1, 0.15) is 0 Å². The van der Waals surface area contributed by atoms with E-state index in [0.717, 1.165) is 31.2 Å². The Hall–Kier alpha value is -3.07. The summed E-state index contributed by atoms with van der Waals surface area (Å²) in [6.45, 7) is 0.356. The second-order valence-electron chi connectivity index (χ2n) is 9.31. The summed E-state index contributed by atoms with van der Waals surface area (Å²) in [5, 5.41) is 4.55. The number of nitrogens with two attached hydrogens (primary N) is 1. The molecule has 10 heteroatoms. The van der Waals surface area contributed by atoms with Gasteiger partial charge in [-0.3, -0.25) is 18.5 Å². The van der Waals surface area contributed by atoms with E-state index in [-0.39, 0.29) is 18.6 Å². The van der Waals surface area contributed by atoms with Crippen LogP contribution in [0.3, 0.4) is 0 Å². The van der Waals surface area contributed by atoms with Crippen molar-refractivity contribution < 1.29 is 0 Å². The van der Waals surface area contributed by atoms with Gasteiger partial charge in [0.2, 0.25) is 5.95 Å².